The van der Waals surface area contributed by atoms with Gasteiger partial charge in [0.15, 0.2) is 0 Å². The van der Waals surface area contributed by atoms with Gasteiger partial charge in [-0.3, -0.25) is 9.80 Å². The van der Waals surface area contributed by atoms with Crippen LogP contribution in [0.15, 0.2) is 30.5 Å². The molecule has 5 nitrogen and oxygen atoms in total. The van der Waals surface area contributed by atoms with Gasteiger partial charge in [0.25, 0.3) is 0 Å². The van der Waals surface area contributed by atoms with Gasteiger partial charge in [-0.1, -0.05) is 18.2 Å². The van der Waals surface area contributed by atoms with Crippen molar-refractivity contribution in [3.63, 3.8) is 0 Å². The molecule has 0 bridgehead atoms. The van der Waals surface area contributed by atoms with Gasteiger partial charge < -0.3 is 14.6 Å². The highest BCUT2D eigenvalue weighted by Crippen LogP contribution is 2.28. The molecule has 2 aromatic rings. The Balaban J connectivity index is 1.48. The highest BCUT2D eigenvalue weighted by molar-refractivity contribution is 5.84. The molecule has 1 aromatic carbocycles. The predicted molar refractivity (Wildman–Crippen MR) is 120 cm³/mol. The maximum Gasteiger partial charge on any atom is 0.0486 e. The van der Waals surface area contributed by atoms with Crippen molar-refractivity contribution >= 4 is 10.9 Å². The Bertz CT molecular complexity index is 793. The highest BCUT2D eigenvalue weighted by atomic mass is 16.3. The van der Waals surface area contributed by atoms with Gasteiger partial charge in [0.2, 0.25) is 0 Å². The van der Waals surface area contributed by atoms with Crippen LogP contribution in [0.1, 0.15) is 44.7 Å². The van der Waals surface area contributed by atoms with E-state index in [1.54, 1.807) is 0 Å². The van der Waals surface area contributed by atoms with E-state index in [-0.39, 0.29) is 6.61 Å². The van der Waals surface area contributed by atoms with Crippen molar-refractivity contribution in [2.45, 2.75) is 57.8 Å². The third-order valence-electron chi connectivity index (χ3n) is 7.01. The lowest BCUT2D eigenvalue weighted by molar-refractivity contribution is 0.00610. The van der Waals surface area contributed by atoms with E-state index in [0.717, 1.165) is 32.6 Å². The third-order valence-corrected chi connectivity index (χ3v) is 7.01. The van der Waals surface area contributed by atoms with Gasteiger partial charge in [0.05, 0.1) is 0 Å². The maximum atomic E-state index is 9.70. The Labute approximate surface area is 175 Å². The summed E-state index contributed by atoms with van der Waals surface area (Å²) in [6.07, 6.45) is 5.77. The van der Waals surface area contributed by atoms with Crippen LogP contribution in [0.5, 0.6) is 0 Å². The number of rotatable bonds is 6. The molecule has 0 radical (unpaired) electrons. The lowest BCUT2D eigenvalue weighted by Gasteiger charge is -2.47. The summed E-state index contributed by atoms with van der Waals surface area (Å²) in [6.45, 7) is 11.5. The Morgan fingerprint density at radius 3 is 2.55 bits per heavy atom. The molecule has 2 aliphatic rings. The van der Waals surface area contributed by atoms with Crippen molar-refractivity contribution in [2.24, 2.45) is 0 Å². The highest BCUT2D eigenvalue weighted by Gasteiger charge is 2.33. The number of piperazine rings is 1. The number of nitrogens with zero attached hydrogens (tertiary/aromatic N) is 4. The van der Waals surface area contributed by atoms with Crippen molar-refractivity contribution in [2.75, 3.05) is 46.4 Å². The summed E-state index contributed by atoms with van der Waals surface area (Å²) in [4.78, 5) is 7.77. The van der Waals surface area contributed by atoms with E-state index >= 15 is 0 Å². The van der Waals surface area contributed by atoms with E-state index in [1.165, 1.54) is 42.4 Å². The summed E-state index contributed by atoms with van der Waals surface area (Å²) in [7, 11) is 2.23. The molecule has 29 heavy (non-hydrogen) atoms. The standard InChI is InChI=1S/C24H38N4O/c1-19(2)28-17-20(23-6-4-5-7-24(23)28)16-26-13-14-27(22(18-26)10-15-29)21-8-11-25(3)12-9-21/h4-7,17,19,21-22,29H,8-16,18H2,1-3H3/t22-/m1/s1. The fraction of sp³-hybridized carbons (Fsp3) is 0.667. The number of fused-ring (bicyclic) bond motifs is 1. The lowest BCUT2D eigenvalue weighted by atomic mass is 9.98. The predicted octanol–water partition coefficient (Wildman–Crippen LogP) is 3.19. The first kappa shape index (κ1) is 20.9. The minimum absolute atomic E-state index is 0.286. The monoisotopic (exact) mass is 398 g/mol. The number of hydrogen-bond donors (Lipinski definition) is 1. The first-order chi connectivity index (χ1) is 14.1. The summed E-state index contributed by atoms with van der Waals surface area (Å²) in [5, 5.41) is 11.1. The fourth-order valence-corrected chi connectivity index (χ4v) is 5.36. The Kier molecular flexibility index (Phi) is 6.60. The second-order valence-corrected chi connectivity index (χ2v) is 9.35. The van der Waals surface area contributed by atoms with Crippen LogP contribution in [0.4, 0.5) is 0 Å². The third kappa shape index (κ3) is 4.53. The topological polar surface area (TPSA) is 34.9 Å². The summed E-state index contributed by atoms with van der Waals surface area (Å²) in [6, 6.07) is 10.4. The first-order valence-electron chi connectivity index (χ1n) is 11.4. The van der Waals surface area contributed by atoms with Crippen LogP contribution in [0, 0.1) is 0 Å². The second-order valence-electron chi connectivity index (χ2n) is 9.35. The molecule has 3 heterocycles. The molecule has 1 atom stereocenters. The lowest BCUT2D eigenvalue weighted by Crippen LogP contribution is -2.58. The molecule has 1 aromatic heterocycles. The van der Waals surface area contributed by atoms with Crippen LogP contribution >= 0.6 is 0 Å². The zero-order chi connectivity index (χ0) is 20.4. The molecule has 0 unspecified atom stereocenters. The van der Waals surface area contributed by atoms with Gasteiger partial charge in [-0.2, -0.15) is 0 Å². The zero-order valence-corrected chi connectivity index (χ0v) is 18.4. The summed E-state index contributed by atoms with van der Waals surface area (Å²) >= 11 is 0. The van der Waals surface area contributed by atoms with E-state index in [0.29, 0.717) is 18.1 Å². The van der Waals surface area contributed by atoms with E-state index in [1.807, 2.05) is 0 Å². The molecule has 2 saturated heterocycles. The van der Waals surface area contributed by atoms with E-state index in [2.05, 4.69) is 70.6 Å². The average Bonchev–Trinajstić information content (AvgIpc) is 3.08. The van der Waals surface area contributed by atoms with Crippen LogP contribution in [-0.4, -0.2) is 82.8 Å². The molecule has 5 heteroatoms. The number of aromatic nitrogens is 1. The number of aliphatic hydroxyl groups is 1. The summed E-state index contributed by atoms with van der Waals surface area (Å²) in [5.41, 5.74) is 2.78. The number of hydrogen-bond acceptors (Lipinski definition) is 4. The maximum absolute atomic E-state index is 9.70. The number of aliphatic hydroxyl groups excluding tert-OH is 1. The SMILES string of the molecule is CC(C)n1cc(CN2CCN(C3CCN(C)CC3)[C@H](CCO)C2)c2ccccc21. The molecule has 160 valence electrons. The second kappa shape index (κ2) is 9.17. The van der Waals surface area contributed by atoms with Gasteiger partial charge >= 0.3 is 0 Å². The number of likely N-dealkylation sites (tertiary alicyclic amines) is 1. The van der Waals surface area contributed by atoms with Crippen LogP contribution in [0.2, 0.25) is 0 Å². The molecule has 4 rings (SSSR count). The molecule has 0 amide bonds. The Hall–Kier alpha value is -1.40. The van der Waals surface area contributed by atoms with Gasteiger partial charge in [-0.05, 0) is 64.9 Å². The number of para-hydroxylation sites is 1. The van der Waals surface area contributed by atoms with Gasteiger partial charge in [0.1, 0.15) is 0 Å². The van der Waals surface area contributed by atoms with Gasteiger partial charge in [-0.25, -0.2) is 0 Å². The smallest absolute Gasteiger partial charge is 0.0486 e. The van der Waals surface area contributed by atoms with Crippen LogP contribution in [0.3, 0.4) is 0 Å². The van der Waals surface area contributed by atoms with Crippen molar-refractivity contribution in [3.8, 4) is 0 Å². The summed E-state index contributed by atoms with van der Waals surface area (Å²) < 4.78 is 2.41. The van der Waals surface area contributed by atoms with E-state index < -0.39 is 0 Å². The van der Waals surface area contributed by atoms with Crippen molar-refractivity contribution < 1.29 is 5.11 Å². The molecule has 2 aliphatic heterocycles. The average molecular weight is 399 g/mol. The number of benzene rings is 1. The van der Waals surface area contributed by atoms with Crippen LogP contribution in [0.25, 0.3) is 10.9 Å². The van der Waals surface area contributed by atoms with Crippen molar-refractivity contribution in [3.05, 3.63) is 36.0 Å². The Morgan fingerprint density at radius 1 is 1.07 bits per heavy atom. The summed E-state index contributed by atoms with van der Waals surface area (Å²) in [5.74, 6) is 0. The number of piperidine rings is 1. The largest absolute Gasteiger partial charge is 0.396 e. The molecular formula is C24H38N4O. The molecule has 2 fully saturated rings. The van der Waals surface area contributed by atoms with E-state index in [4.69, 9.17) is 0 Å². The van der Waals surface area contributed by atoms with Crippen LogP contribution in [-0.2, 0) is 6.54 Å². The normalized spacial score (nSPS) is 23.4. The zero-order valence-electron chi connectivity index (χ0n) is 18.4. The molecule has 0 aliphatic carbocycles. The van der Waals surface area contributed by atoms with Gasteiger partial charge in [0, 0.05) is 68.0 Å². The Morgan fingerprint density at radius 2 is 1.83 bits per heavy atom. The van der Waals surface area contributed by atoms with Crippen molar-refractivity contribution in [1.29, 1.82) is 0 Å². The van der Waals surface area contributed by atoms with E-state index in [9.17, 15) is 5.11 Å². The fourth-order valence-electron chi connectivity index (χ4n) is 5.36. The van der Waals surface area contributed by atoms with Gasteiger partial charge in [-0.15, -0.1) is 0 Å². The minimum atomic E-state index is 0.286. The molecular weight excluding hydrogens is 360 g/mol. The molecule has 0 spiro atoms. The van der Waals surface area contributed by atoms with Crippen molar-refractivity contribution in [1.82, 2.24) is 19.3 Å². The first-order valence-corrected chi connectivity index (χ1v) is 11.4. The molecule has 0 saturated carbocycles. The molecule has 1 N–H and O–H groups in total. The van der Waals surface area contributed by atoms with Crippen LogP contribution < -0.4 is 0 Å². The minimum Gasteiger partial charge on any atom is -0.396 e. The quantitative estimate of drug-likeness (QED) is 0.811.